The molecule has 0 atom stereocenters. The molecule has 3 nitrogen and oxygen atoms in total. The summed E-state index contributed by atoms with van der Waals surface area (Å²) in [6.07, 6.45) is 2.56. The van der Waals surface area contributed by atoms with Crippen LogP contribution in [0.15, 0.2) is 29.2 Å². The molecule has 0 aromatic heterocycles. The Bertz CT molecular complexity index is 520. The molecule has 0 N–H and O–H groups in total. The number of rotatable bonds is 2. The number of nitrogens with zero attached hydrogens (tertiary/aromatic N) is 1. The molecule has 0 unspecified atom stereocenters. The number of carbonyl (C=O) groups is 2. The van der Waals surface area contributed by atoms with Gasteiger partial charge in [0.25, 0.3) is 5.91 Å². The molecule has 0 bridgehead atoms. The van der Waals surface area contributed by atoms with Crippen LogP contribution < -0.4 is 0 Å². The highest BCUT2D eigenvalue weighted by molar-refractivity contribution is 8.26. The molecule has 1 aliphatic heterocycles. The lowest BCUT2D eigenvalue weighted by atomic mass is 10.1. The summed E-state index contributed by atoms with van der Waals surface area (Å²) in [6, 6.07) is 7.02. The van der Waals surface area contributed by atoms with E-state index < -0.39 is 0 Å². The Morgan fingerprint density at radius 3 is 2.29 bits per heavy atom. The fourth-order valence-electron chi connectivity index (χ4n) is 1.37. The first-order valence-corrected chi connectivity index (χ1v) is 6.11. The minimum absolute atomic E-state index is 0.0838. The minimum atomic E-state index is -0.0838. The van der Waals surface area contributed by atoms with Crippen LogP contribution in [0.4, 0.5) is 0 Å². The van der Waals surface area contributed by atoms with Crippen molar-refractivity contribution < 1.29 is 9.59 Å². The number of aldehydes is 1. The Hall–Kier alpha value is -1.46. The average molecular weight is 263 g/mol. The lowest BCUT2D eigenvalue weighted by Crippen LogP contribution is -2.22. The van der Waals surface area contributed by atoms with Gasteiger partial charge in [-0.3, -0.25) is 14.5 Å². The van der Waals surface area contributed by atoms with Gasteiger partial charge in [0, 0.05) is 12.6 Å². The van der Waals surface area contributed by atoms with Crippen LogP contribution in [0, 0.1) is 0 Å². The van der Waals surface area contributed by atoms with E-state index in [0.717, 1.165) is 11.8 Å². The summed E-state index contributed by atoms with van der Waals surface area (Å²) >= 11 is 6.32. The third kappa shape index (κ3) is 2.45. The van der Waals surface area contributed by atoms with Crippen LogP contribution in [-0.4, -0.2) is 28.5 Å². The third-order valence-electron chi connectivity index (χ3n) is 2.36. The van der Waals surface area contributed by atoms with Gasteiger partial charge in [-0.25, -0.2) is 0 Å². The number of hydrogen-bond donors (Lipinski definition) is 0. The van der Waals surface area contributed by atoms with Gasteiger partial charge in [0.15, 0.2) is 0 Å². The van der Waals surface area contributed by atoms with Crippen molar-refractivity contribution >= 4 is 46.6 Å². The summed E-state index contributed by atoms with van der Waals surface area (Å²) in [5, 5.41) is 0. The van der Waals surface area contributed by atoms with Gasteiger partial charge >= 0.3 is 0 Å². The number of likely N-dealkylation sites (N-methyl/N-ethyl adjacent to an activating group) is 1. The number of hydrogen-bond acceptors (Lipinski definition) is 4. The quantitative estimate of drug-likeness (QED) is 0.466. The molecular weight excluding hydrogens is 254 g/mol. The molecule has 17 heavy (non-hydrogen) atoms. The highest BCUT2D eigenvalue weighted by atomic mass is 32.2. The topological polar surface area (TPSA) is 37.4 Å². The van der Waals surface area contributed by atoms with Crippen molar-refractivity contribution in [1.29, 1.82) is 0 Å². The Balaban J connectivity index is 2.27. The SMILES string of the molecule is CN1C(=O)/C(=C\c2ccc(C=O)cc2)SC1=S. The summed E-state index contributed by atoms with van der Waals surface area (Å²) in [4.78, 5) is 24.3. The van der Waals surface area contributed by atoms with Crippen LogP contribution in [0.25, 0.3) is 6.08 Å². The molecule has 2 rings (SSSR count). The minimum Gasteiger partial charge on any atom is -0.298 e. The van der Waals surface area contributed by atoms with E-state index in [1.165, 1.54) is 16.7 Å². The lowest BCUT2D eigenvalue weighted by molar-refractivity contribution is -0.121. The average Bonchev–Trinajstić information content (AvgIpc) is 2.58. The predicted octanol–water partition coefficient (Wildman–Crippen LogP) is 2.33. The van der Waals surface area contributed by atoms with Crippen molar-refractivity contribution in [3.05, 3.63) is 40.3 Å². The van der Waals surface area contributed by atoms with E-state index in [2.05, 4.69) is 0 Å². The Morgan fingerprint density at radius 1 is 1.24 bits per heavy atom. The number of thioether (sulfide) groups is 1. The zero-order chi connectivity index (χ0) is 12.4. The molecule has 1 aliphatic rings. The van der Waals surface area contributed by atoms with Gasteiger partial charge in [-0.15, -0.1) is 0 Å². The second-order valence-electron chi connectivity index (χ2n) is 3.53. The highest BCUT2D eigenvalue weighted by Crippen LogP contribution is 2.31. The van der Waals surface area contributed by atoms with Crippen molar-refractivity contribution in [2.24, 2.45) is 0 Å². The van der Waals surface area contributed by atoms with E-state index >= 15 is 0 Å². The van der Waals surface area contributed by atoms with E-state index in [1.807, 2.05) is 0 Å². The standard InChI is InChI=1S/C12H9NO2S2/c1-13-11(15)10(17-12(13)16)6-8-2-4-9(7-14)5-3-8/h2-7H,1H3/b10-6+. The molecule has 0 spiro atoms. The molecule has 1 aromatic carbocycles. The smallest absolute Gasteiger partial charge is 0.265 e. The molecule has 0 saturated carbocycles. The van der Waals surface area contributed by atoms with Gasteiger partial charge in [0.1, 0.15) is 10.6 Å². The van der Waals surface area contributed by atoms with Crippen LogP contribution >= 0.6 is 24.0 Å². The Kier molecular flexibility index (Phi) is 3.40. The fourth-order valence-corrected chi connectivity index (χ4v) is 2.55. The van der Waals surface area contributed by atoms with Crippen LogP contribution in [-0.2, 0) is 4.79 Å². The largest absolute Gasteiger partial charge is 0.298 e. The normalized spacial score (nSPS) is 17.9. The molecule has 5 heteroatoms. The first-order chi connectivity index (χ1) is 8.11. The lowest BCUT2D eigenvalue weighted by Gasteiger charge is -2.03. The monoisotopic (exact) mass is 263 g/mol. The van der Waals surface area contributed by atoms with Crippen molar-refractivity contribution in [2.75, 3.05) is 7.05 Å². The van der Waals surface area contributed by atoms with Crippen LogP contribution in [0.2, 0.25) is 0 Å². The van der Waals surface area contributed by atoms with Gasteiger partial charge in [0.2, 0.25) is 0 Å². The fraction of sp³-hybridized carbons (Fsp3) is 0.0833. The molecule has 0 aliphatic carbocycles. The molecule has 1 saturated heterocycles. The van der Waals surface area contributed by atoms with Crippen molar-refractivity contribution in [3.8, 4) is 0 Å². The Morgan fingerprint density at radius 2 is 1.82 bits per heavy atom. The van der Waals surface area contributed by atoms with Gasteiger partial charge < -0.3 is 0 Å². The molecular formula is C12H9NO2S2. The summed E-state index contributed by atoms with van der Waals surface area (Å²) in [5.41, 5.74) is 1.50. The van der Waals surface area contributed by atoms with E-state index in [4.69, 9.17) is 12.2 Å². The predicted molar refractivity (Wildman–Crippen MR) is 72.8 cm³/mol. The second kappa shape index (κ2) is 4.81. The first-order valence-electron chi connectivity index (χ1n) is 4.88. The molecule has 1 fully saturated rings. The van der Waals surface area contributed by atoms with Crippen LogP contribution in [0.1, 0.15) is 15.9 Å². The maximum atomic E-state index is 11.7. The van der Waals surface area contributed by atoms with Gasteiger partial charge in [-0.2, -0.15) is 0 Å². The molecule has 1 heterocycles. The summed E-state index contributed by atoms with van der Waals surface area (Å²) in [6.45, 7) is 0. The number of benzene rings is 1. The second-order valence-corrected chi connectivity index (χ2v) is 5.20. The van der Waals surface area contributed by atoms with E-state index in [9.17, 15) is 9.59 Å². The van der Waals surface area contributed by atoms with E-state index in [0.29, 0.717) is 14.8 Å². The van der Waals surface area contributed by atoms with Crippen LogP contribution in [0.5, 0.6) is 0 Å². The third-order valence-corrected chi connectivity index (χ3v) is 3.84. The summed E-state index contributed by atoms with van der Waals surface area (Å²) < 4.78 is 0.561. The first kappa shape index (κ1) is 12.0. The summed E-state index contributed by atoms with van der Waals surface area (Å²) in [7, 11) is 1.66. The van der Waals surface area contributed by atoms with Crippen molar-refractivity contribution in [1.82, 2.24) is 4.90 Å². The maximum Gasteiger partial charge on any atom is 0.265 e. The molecule has 1 amide bonds. The zero-order valence-electron chi connectivity index (χ0n) is 9.04. The van der Waals surface area contributed by atoms with E-state index in [1.54, 1.807) is 37.4 Å². The number of thiocarbonyl (C=S) groups is 1. The highest BCUT2D eigenvalue weighted by Gasteiger charge is 2.28. The van der Waals surface area contributed by atoms with Gasteiger partial charge in [-0.1, -0.05) is 48.2 Å². The zero-order valence-corrected chi connectivity index (χ0v) is 10.7. The number of carbonyl (C=O) groups excluding carboxylic acids is 2. The van der Waals surface area contributed by atoms with Gasteiger partial charge in [0.05, 0.1) is 4.91 Å². The van der Waals surface area contributed by atoms with Crippen molar-refractivity contribution in [2.45, 2.75) is 0 Å². The maximum absolute atomic E-state index is 11.7. The van der Waals surface area contributed by atoms with Crippen LogP contribution in [0.3, 0.4) is 0 Å². The summed E-state index contributed by atoms with van der Waals surface area (Å²) in [5.74, 6) is -0.0838. The van der Waals surface area contributed by atoms with Crippen molar-refractivity contribution in [3.63, 3.8) is 0 Å². The molecule has 86 valence electrons. The van der Waals surface area contributed by atoms with E-state index in [-0.39, 0.29) is 5.91 Å². The molecule has 1 aromatic rings. The number of amides is 1. The van der Waals surface area contributed by atoms with Gasteiger partial charge in [-0.05, 0) is 11.6 Å². The Labute approximate surface area is 108 Å². The molecule has 0 radical (unpaired) electrons.